The maximum atomic E-state index is 12.4. The van der Waals surface area contributed by atoms with Crippen molar-refractivity contribution < 1.29 is 4.79 Å². The molecule has 4 rings (SSSR count). The molecule has 0 bridgehead atoms. The number of anilines is 1. The largest absolute Gasteiger partial charge is 0.337 e. The maximum absolute atomic E-state index is 12.4. The lowest BCUT2D eigenvalue weighted by Gasteiger charge is -2.24. The second kappa shape index (κ2) is 7.35. The molecule has 0 aromatic carbocycles. The minimum Gasteiger partial charge on any atom is -0.337 e. The van der Waals surface area contributed by atoms with Crippen LogP contribution >= 0.6 is 11.3 Å². The van der Waals surface area contributed by atoms with Gasteiger partial charge in [-0.2, -0.15) is 0 Å². The number of thiazole rings is 1. The lowest BCUT2D eigenvalue weighted by Crippen LogP contribution is -2.25. The smallest absolute Gasteiger partial charge is 0.276 e. The van der Waals surface area contributed by atoms with E-state index in [9.17, 15) is 4.79 Å². The van der Waals surface area contributed by atoms with Gasteiger partial charge in [0.05, 0.1) is 23.8 Å². The summed E-state index contributed by atoms with van der Waals surface area (Å²) in [6, 6.07) is 5.87. The third kappa shape index (κ3) is 3.51. The number of hydrogen-bond donors (Lipinski definition) is 1. The highest BCUT2D eigenvalue weighted by molar-refractivity contribution is 7.13. The van der Waals surface area contributed by atoms with Crippen LogP contribution in [-0.2, 0) is 13.6 Å². The van der Waals surface area contributed by atoms with Crippen LogP contribution < -0.4 is 5.32 Å². The van der Waals surface area contributed by atoms with Gasteiger partial charge in [-0.1, -0.05) is 6.07 Å². The van der Waals surface area contributed by atoms with Gasteiger partial charge in [-0.3, -0.25) is 15.0 Å². The number of likely N-dealkylation sites (tertiary alicyclic amines) is 1. The lowest BCUT2D eigenvalue weighted by atomic mass is 10.1. The molecule has 0 radical (unpaired) electrons. The Bertz CT molecular complexity index is 891. The van der Waals surface area contributed by atoms with Gasteiger partial charge in [-0.25, -0.2) is 15.0 Å². The van der Waals surface area contributed by atoms with Crippen LogP contribution in [0.5, 0.6) is 0 Å². The van der Waals surface area contributed by atoms with Gasteiger partial charge in [0.15, 0.2) is 5.13 Å². The van der Waals surface area contributed by atoms with Crippen LogP contribution in [0, 0.1) is 0 Å². The normalized spacial score (nSPS) is 17.5. The lowest BCUT2D eigenvalue weighted by molar-refractivity contribution is 0.102. The van der Waals surface area contributed by atoms with Crippen molar-refractivity contribution in [2.24, 2.45) is 7.05 Å². The summed E-state index contributed by atoms with van der Waals surface area (Å²) < 4.78 is 2.04. The van der Waals surface area contributed by atoms with E-state index in [-0.39, 0.29) is 11.9 Å². The monoisotopic (exact) mass is 368 g/mol. The van der Waals surface area contributed by atoms with E-state index < -0.39 is 0 Å². The minimum atomic E-state index is -0.224. The zero-order valence-electron chi connectivity index (χ0n) is 14.5. The van der Waals surface area contributed by atoms with Crippen molar-refractivity contribution >= 4 is 22.4 Å². The van der Waals surface area contributed by atoms with Gasteiger partial charge in [-0.05, 0) is 31.5 Å². The number of hydrogen-bond acceptors (Lipinski definition) is 6. The van der Waals surface area contributed by atoms with E-state index >= 15 is 0 Å². The van der Waals surface area contributed by atoms with Crippen LogP contribution in [0.15, 0.2) is 42.3 Å². The quantitative estimate of drug-likeness (QED) is 0.749. The third-order valence-corrected chi connectivity index (χ3v) is 5.33. The fourth-order valence-corrected chi connectivity index (χ4v) is 3.83. The molecule has 1 amide bonds. The highest BCUT2D eigenvalue weighted by atomic mass is 32.1. The maximum Gasteiger partial charge on any atom is 0.276 e. The standard InChI is InChI=1S/C18H20N6OS/c1-23-12-19-10-13(23)11-24-8-3-6-16(24)14-4-2-5-15(21-14)17(25)22-18-20-7-9-26-18/h2,4-5,7,9-10,12,16H,3,6,8,11H2,1H3,(H,20,22,25)/t16-/m0/s1. The van der Waals surface area contributed by atoms with Gasteiger partial charge < -0.3 is 4.57 Å². The molecule has 0 saturated carbocycles. The average molecular weight is 368 g/mol. The van der Waals surface area contributed by atoms with Gasteiger partial charge >= 0.3 is 0 Å². The van der Waals surface area contributed by atoms with Crippen molar-refractivity contribution in [1.82, 2.24) is 24.4 Å². The molecule has 4 heterocycles. The first-order valence-corrected chi connectivity index (χ1v) is 9.46. The van der Waals surface area contributed by atoms with Crippen LogP contribution in [0.3, 0.4) is 0 Å². The fourth-order valence-electron chi connectivity index (χ4n) is 3.31. The molecule has 1 saturated heterocycles. The molecule has 3 aromatic rings. The predicted molar refractivity (Wildman–Crippen MR) is 99.9 cm³/mol. The molecule has 7 nitrogen and oxygen atoms in total. The molecular weight excluding hydrogens is 348 g/mol. The van der Waals surface area contributed by atoms with E-state index in [1.165, 1.54) is 17.0 Å². The summed E-state index contributed by atoms with van der Waals surface area (Å²) in [5.74, 6) is -0.224. The average Bonchev–Trinajstić information content (AvgIpc) is 3.39. The number of amides is 1. The first kappa shape index (κ1) is 16.9. The second-order valence-electron chi connectivity index (χ2n) is 6.36. The van der Waals surface area contributed by atoms with Crippen LogP contribution in [0.4, 0.5) is 5.13 Å². The Kier molecular flexibility index (Phi) is 4.77. The zero-order chi connectivity index (χ0) is 17.9. The number of carbonyl (C=O) groups excluding carboxylic acids is 1. The Morgan fingerprint density at radius 1 is 1.42 bits per heavy atom. The number of nitrogens with zero attached hydrogens (tertiary/aromatic N) is 5. The highest BCUT2D eigenvalue weighted by Crippen LogP contribution is 2.32. The van der Waals surface area contributed by atoms with E-state index in [4.69, 9.17) is 0 Å². The molecule has 134 valence electrons. The molecule has 8 heteroatoms. The Balaban J connectivity index is 1.51. The molecule has 0 aliphatic carbocycles. The van der Waals surface area contributed by atoms with Crippen molar-refractivity contribution in [2.45, 2.75) is 25.4 Å². The van der Waals surface area contributed by atoms with Crippen molar-refractivity contribution in [3.8, 4) is 0 Å². The molecule has 1 N–H and O–H groups in total. The summed E-state index contributed by atoms with van der Waals surface area (Å²) in [6.07, 6.45) is 7.56. The van der Waals surface area contributed by atoms with Crippen LogP contribution in [0.1, 0.15) is 40.8 Å². The number of nitrogens with one attached hydrogen (secondary N) is 1. The minimum absolute atomic E-state index is 0.220. The van der Waals surface area contributed by atoms with Gasteiger partial charge in [-0.15, -0.1) is 11.3 Å². The molecular formula is C18H20N6OS. The van der Waals surface area contributed by atoms with E-state index in [1.807, 2.05) is 41.7 Å². The number of pyridine rings is 1. The molecule has 1 atom stereocenters. The summed E-state index contributed by atoms with van der Waals surface area (Å²) in [5.41, 5.74) is 2.54. The SMILES string of the molecule is Cn1cncc1CN1CCC[C@H]1c1cccc(C(=O)Nc2nccs2)n1. The summed E-state index contributed by atoms with van der Waals surface area (Å²) in [6.45, 7) is 1.85. The third-order valence-electron chi connectivity index (χ3n) is 4.64. The van der Waals surface area contributed by atoms with E-state index in [2.05, 4.69) is 25.2 Å². The molecule has 0 unspecified atom stereocenters. The molecule has 0 spiro atoms. The van der Waals surface area contributed by atoms with Crippen LogP contribution in [0.2, 0.25) is 0 Å². The summed E-state index contributed by atoms with van der Waals surface area (Å²) in [5, 5.41) is 5.20. The molecule has 26 heavy (non-hydrogen) atoms. The number of aryl methyl sites for hydroxylation is 1. The summed E-state index contributed by atoms with van der Waals surface area (Å²) >= 11 is 1.39. The van der Waals surface area contributed by atoms with Crippen LogP contribution in [-0.4, -0.2) is 36.9 Å². The van der Waals surface area contributed by atoms with Gasteiger partial charge in [0.2, 0.25) is 0 Å². The Morgan fingerprint density at radius 2 is 2.35 bits per heavy atom. The van der Waals surface area contributed by atoms with Crippen molar-refractivity contribution in [3.63, 3.8) is 0 Å². The highest BCUT2D eigenvalue weighted by Gasteiger charge is 2.28. The number of carbonyl (C=O) groups is 1. The summed E-state index contributed by atoms with van der Waals surface area (Å²) in [7, 11) is 2.01. The zero-order valence-corrected chi connectivity index (χ0v) is 15.3. The molecule has 1 aliphatic heterocycles. The summed E-state index contributed by atoms with van der Waals surface area (Å²) in [4.78, 5) is 27.8. The first-order valence-electron chi connectivity index (χ1n) is 8.58. The van der Waals surface area contributed by atoms with Crippen LogP contribution in [0.25, 0.3) is 0 Å². The fraction of sp³-hybridized carbons (Fsp3) is 0.333. The molecule has 1 aliphatic rings. The van der Waals surface area contributed by atoms with Crippen molar-refractivity contribution in [1.29, 1.82) is 0 Å². The van der Waals surface area contributed by atoms with Crippen molar-refractivity contribution in [3.05, 3.63) is 59.4 Å². The topological polar surface area (TPSA) is 75.9 Å². The predicted octanol–water partition coefficient (Wildman–Crippen LogP) is 2.86. The molecule has 1 fully saturated rings. The number of imidazole rings is 1. The van der Waals surface area contributed by atoms with Gasteiger partial charge in [0.1, 0.15) is 5.69 Å². The Labute approximate surface area is 155 Å². The Hall–Kier alpha value is -2.58. The number of rotatable bonds is 5. The Morgan fingerprint density at radius 3 is 3.12 bits per heavy atom. The first-order chi connectivity index (χ1) is 12.7. The van der Waals surface area contributed by atoms with Crippen molar-refractivity contribution in [2.75, 3.05) is 11.9 Å². The van der Waals surface area contributed by atoms with E-state index in [0.717, 1.165) is 31.6 Å². The van der Waals surface area contributed by atoms with E-state index in [0.29, 0.717) is 10.8 Å². The number of aromatic nitrogens is 4. The van der Waals surface area contributed by atoms with E-state index in [1.54, 1.807) is 12.3 Å². The van der Waals surface area contributed by atoms with Gasteiger partial charge in [0.25, 0.3) is 5.91 Å². The second-order valence-corrected chi connectivity index (χ2v) is 7.26. The molecule has 3 aromatic heterocycles. The van der Waals surface area contributed by atoms with Gasteiger partial charge in [0, 0.05) is 31.4 Å².